The maximum absolute atomic E-state index is 12.5. The third-order valence-electron chi connectivity index (χ3n) is 4.46. The van der Waals surface area contributed by atoms with E-state index in [1.165, 1.54) is 12.8 Å². The second-order valence-corrected chi connectivity index (χ2v) is 6.15. The quantitative estimate of drug-likeness (QED) is 0.878. The van der Waals surface area contributed by atoms with E-state index in [1.807, 2.05) is 30.1 Å². The molecule has 0 spiro atoms. The average molecular weight is 304 g/mol. The van der Waals surface area contributed by atoms with Crippen LogP contribution in [0.25, 0.3) is 0 Å². The molecule has 0 aliphatic carbocycles. The molecule has 1 heterocycles. The van der Waals surface area contributed by atoms with Gasteiger partial charge < -0.3 is 10.0 Å². The first-order valence-electron chi connectivity index (χ1n) is 8.36. The van der Waals surface area contributed by atoms with Gasteiger partial charge in [-0.1, -0.05) is 43.2 Å². The fourth-order valence-electron chi connectivity index (χ4n) is 3.18. The molecule has 0 saturated carbocycles. The summed E-state index contributed by atoms with van der Waals surface area (Å²) in [5.74, 6) is 0.211. The molecule has 2 rings (SSSR count). The van der Waals surface area contributed by atoms with Gasteiger partial charge in [-0.05, 0) is 31.9 Å². The van der Waals surface area contributed by atoms with E-state index in [-0.39, 0.29) is 18.6 Å². The minimum atomic E-state index is 0.0853. The Balaban J connectivity index is 1.98. The Morgan fingerprint density at radius 3 is 2.41 bits per heavy atom. The van der Waals surface area contributed by atoms with Crippen LogP contribution in [-0.4, -0.2) is 54.1 Å². The van der Waals surface area contributed by atoms with Gasteiger partial charge in [0.15, 0.2) is 0 Å². The van der Waals surface area contributed by atoms with Crippen molar-refractivity contribution in [2.45, 2.75) is 38.1 Å². The molecular weight excluding hydrogens is 276 g/mol. The lowest BCUT2D eigenvalue weighted by Gasteiger charge is -2.30. The topological polar surface area (TPSA) is 43.8 Å². The summed E-state index contributed by atoms with van der Waals surface area (Å²) in [4.78, 5) is 16.6. The molecule has 0 unspecified atom stereocenters. The van der Waals surface area contributed by atoms with Crippen LogP contribution in [0.1, 0.15) is 43.7 Å². The standard InChI is InChI=1S/C18H28N2O2/c1-19(15-18(22)20-12-7-2-3-8-13-20)17(11-14-21)16-9-5-4-6-10-16/h4-6,9-10,17,21H,2-3,7-8,11-15H2,1H3/t17-/m1/s1. The lowest BCUT2D eigenvalue weighted by molar-refractivity contribution is -0.132. The summed E-state index contributed by atoms with van der Waals surface area (Å²) in [7, 11) is 1.98. The summed E-state index contributed by atoms with van der Waals surface area (Å²) < 4.78 is 0. The second-order valence-electron chi connectivity index (χ2n) is 6.15. The van der Waals surface area contributed by atoms with E-state index < -0.39 is 0 Å². The van der Waals surface area contributed by atoms with Crippen LogP contribution in [0.5, 0.6) is 0 Å². The molecule has 1 aromatic carbocycles. The van der Waals surface area contributed by atoms with Crippen LogP contribution in [-0.2, 0) is 4.79 Å². The molecule has 1 saturated heterocycles. The van der Waals surface area contributed by atoms with Gasteiger partial charge >= 0.3 is 0 Å². The van der Waals surface area contributed by atoms with Crippen LogP contribution in [0, 0.1) is 0 Å². The van der Waals surface area contributed by atoms with Crippen LogP contribution in [0.3, 0.4) is 0 Å². The van der Waals surface area contributed by atoms with Crippen LogP contribution in [0.15, 0.2) is 30.3 Å². The highest BCUT2D eigenvalue weighted by Crippen LogP contribution is 2.22. The van der Waals surface area contributed by atoms with Crippen molar-refractivity contribution in [2.75, 3.05) is 33.3 Å². The third-order valence-corrected chi connectivity index (χ3v) is 4.46. The van der Waals surface area contributed by atoms with E-state index in [1.54, 1.807) is 0 Å². The minimum absolute atomic E-state index is 0.0853. The van der Waals surface area contributed by atoms with Crippen molar-refractivity contribution < 1.29 is 9.90 Å². The lowest BCUT2D eigenvalue weighted by atomic mass is 10.0. The number of aliphatic hydroxyl groups excluding tert-OH is 1. The number of hydrogen-bond acceptors (Lipinski definition) is 3. The molecule has 1 amide bonds. The van der Waals surface area contributed by atoms with Gasteiger partial charge in [0.1, 0.15) is 0 Å². The zero-order valence-corrected chi connectivity index (χ0v) is 13.6. The van der Waals surface area contributed by atoms with Crippen molar-refractivity contribution in [3.63, 3.8) is 0 Å². The fraction of sp³-hybridized carbons (Fsp3) is 0.611. The van der Waals surface area contributed by atoms with Crippen molar-refractivity contribution in [3.05, 3.63) is 35.9 Å². The van der Waals surface area contributed by atoms with Gasteiger partial charge in [0.05, 0.1) is 6.54 Å². The predicted molar refractivity (Wildman–Crippen MR) is 88.6 cm³/mol. The Bertz CT molecular complexity index is 442. The second kappa shape index (κ2) is 8.91. The number of amides is 1. The first-order chi connectivity index (χ1) is 10.7. The number of likely N-dealkylation sites (N-methyl/N-ethyl adjacent to an activating group) is 1. The maximum atomic E-state index is 12.5. The van der Waals surface area contributed by atoms with E-state index in [4.69, 9.17) is 0 Å². The van der Waals surface area contributed by atoms with Gasteiger partial charge in [0, 0.05) is 25.7 Å². The minimum Gasteiger partial charge on any atom is -0.396 e. The molecule has 1 aromatic rings. The van der Waals surface area contributed by atoms with Gasteiger partial charge in [-0.3, -0.25) is 9.69 Å². The lowest BCUT2D eigenvalue weighted by Crippen LogP contribution is -2.40. The number of benzene rings is 1. The van der Waals surface area contributed by atoms with Crippen molar-refractivity contribution in [1.82, 2.24) is 9.80 Å². The highest BCUT2D eigenvalue weighted by molar-refractivity contribution is 5.78. The summed E-state index contributed by atoms with van der Waals surface area (Å²) in [6, 6.07) is 10.2. The zero-order valence-electron chi connectivity index (χ0n) is 13.6. The SMILES string of the molecule is CN(CC(=O)N1CCCCCC1)[C@H](CCO)c1ccccc1. The molecule has 0 aromatic heterocycles. The average Bonchev–Trinajstić information content (AvgIpc) is 2.82. The van der Waals surface area contributed by atoms with Crippen molar-refractivity contribution in [2.24, 2.45) is 0 Å². The Hall–Kier alpha value is -1.39. The van der Waals surface area contributed by atoms with Gasteiger partial charge in [0.25, 0.3) is 0 Å². The maximum Gasteiger partial charge on any atom is 0.236 e. The number of hydrogen-bond donors (Lipinski definition) is 1. The molecular formula is C18H28N2O2. The number of aliphatic hydroxyl groups is 1. The van der Waals surface area contributed by atoms with Crippen molar-refractivity contribution in [3.8, 4) is 0 Å². The molecule has 4 nitrogen and oxygen atoms in total. The Morgan fingerprint density at radius 1 is 1.18 bits per heavy atom. The van der Waals surface area contributed by atoms with Crippen molar-refractivity contribution >= 4 is 5.91 Å². The molecule has 1 fully saturated rings. The number of rotatable bonds is 6. The molecule has 22 heavy (non-hydrogen) atoms. The van der Waals surface area contributed by atoms with Gasteiger partial charge in [-0.25, -0.2) is 0 Å². The molecule has 0 radical (unpaired) electrons. The van der Waals surface area contributed by atoms with Gasteiger partial charge in [-0.2, -0.15) is 0 Å². The first-order valence-corrected chi connectivity index (χ1v) is 8.36. The Morgan fingerprint density at radius 2 is 1.82 bits per heavy atom. The molecule has 0 bridgehead atoms. The van der Waals surface area contributed by atoms with Crippen LogP contribution < -0.4 is 0 Å². The van der Waals surface area contributed by atoms with Crippen LogP contribution in [0.2, 0.25) is 0 Å². The number of carbonyl (C=O) groups excluding carboxylic acids is 1. The predicted octanol–water partition coefficient (Wildman–Crippen LogP) is 2.44. The first kappa shape index (κ1) is 17.0. The fourth-order valence-corrected chi connectivity index (χ4v) is 3.18. The third kappa shape index (κ3) is 4.82. The number of carbonyl (C=O) groups is 1. The Kier molecular flexibility index (Phi) is 6.87. The smallest absolute Gasteiger partial charge is 0.236 e. The van der Waals surface area contributed by atoms with Crippen LogP contribution in [0.4, 0.5) is 0 Å². The molecule has 122 valence electrons. The summed E-state index contributed by atoms with van der Waals surface area (Å²) in [5.41, 5.74) is 1.16. The van der Waals surface area contributed by atoms with Crippen molar-refractivity contribution in [1.29, 1.82) is 0 Å². The molecule has 1 atom stereocenters. The highest BCUT2D eigenvalue weighted by Gasteiger charge is 2.22. The molecule has 1 aliphatic heterocycles. The van der Waals surface area contributed by atoms with E-state index in [2.05, 4.69) is 17.0 Å². The molecule has 1 N–H and O–H groups in total. The summed E-state index contributed by atoms with van der Waals surface area (Å²) >= 11 is 0. The number of nitrogens with zero attached hydrogens (tertiary/aromatic N) is 2. The monoisotopic (exact) mass is 304 g/mol. The van der Waals surface area contributed by atoms with E-state index in [0.29, 0.717) is 13.0 Å². The zero-order chi connectivity index (χ0) is 15.8. The van der Waals surface area contributed by atoms with E-state index in [0.717, 1.165) is 31.5 Å². The number of likely N-dealkylation sites (tertiary alicyclic amines) is 1. The summed E-state index contributed by atoms with van der Waals surface area (Å²) in [6.07, 6.45) is 5.35. The van der Waals surface area contributed by atoms with E-state index in [9.17, 15) is 9.90 Å². The largest absolute Gasteiger partial charge is 0.396 e. The van der Waals surface area contributed by atoms with Gasteiger partial charge in [-0.15, -0.1) is 0 Å². The van der Waals surface area contributed by atoms with Crippen LogP contribution >= 0.6 is 0 Å². The molecule has 1 aliphatic rings. The highest BCUT2D eigenvalue weighted by atomic mass is 16.3. The normalized spacial score (nSPS) is 17.3. The Labute approximate surface area is 133 Å². The van der Waals surface area contributed by atoms with Gasteiger partial charge in [0.2, 0.25) is 5.91 Å². The van der Waals surface area contributed by atoms with E-state index >= 15 is 0 Å². The summed E-state index contributed by atoms with van der Waals surface area (Å²) in [6.45, 7) is 2.33. The molecule has 4 heteroatoms. The summed E-state index contributed by atoms with van der Waals surface area (Å²) in [5, 5.41) is 9.34.